The van der Waals surface area contributed by atoms with Gasteiger partial charge in [-0.05, 0) is 43.4 Å². The second-order valence-corrected chi connectivity index (χ2v) is 8.68. The average molecular weight is 340 g/mol. The molecule has 1 atom stereocenters. The Balaban J connectivity index is 1.69. The summed E-state index contributed by atoms with van der Waals surface area (Å²) in [5, 5.41) is 2.76. The molecule has 1 fully saturated rings. The van der Waals surface area contributed by atoms with Gasteiger partial charge in [-0.3, -0.25) is 4.79 Å². The van der Waals surface area contributed by atoms with Crippen LogP contribution in [0.25, 0.3) is 0 Å². The van der Waals surface area contributed by atoms with Crippen LogP contribution in [0, 0.1) is 12.7 Å². The summed E-state index contributed by atoms with van der Waals surface area (Å²) in [5.41, 5.74) is 2.32. The zero-order valence-corrected chi connectivity index (χ0v) is 14.0. The van der Waals surface area contributed by atoms with Crippen molar-refractivity contribution in [1.82, 2.24) is 5.32 Å². The molecular weight excluding hydrogens is 319 g/mol. The van der Waals surface area contributed by atoms with E-state index in [1.807, 2.05) is 13.0 Å². The molecule has 0 aliphatic carbocycles. The molecule has 2 heterocycles. The Morgan fingerprint density at radius 3 is 2.91 bits per heavy atom. The molecule has 0 spiro atoms. The summed E-state index contributed by atoms with van der Waals surface area (Å²) in [6, 6.07) is 3.13. The van der Waals surface area contributed by atoms with Gasteiger partial charge in [0.25, 0.3) is 0 Å². The summed E-state index contributed by atoms with van der Waals surface area (Å²) in [5.74, 6) is -0.419. The Bertz CT molecular complexity index is 733. The van der Waals surface area contributed by atoms with Crippen molar-refractivity contribution in [3.05, 3.63) is 29.1 Å². The van der Waals surface area contributed by atoms with Crippen molar-refractivity contribution in [2.24, 2.45) is 0 Å². The SMILES string of the molecule is Cc1cc(F)c2c(c1)CCCN2CC(=O)N[C@H]1CCS(=O)(=O)C1. The largest absolute Gasteiger partial charge is 0.360 e. The van der Waals surface area contributed by atoms with E-state index in [1.54, 1.807) is 4.90 Å². The van der Waals surface area contributed by atoms with E-state index in [2.05, 4.69) is 5.32 Å². The highest BCUT2D eigenvalue weighted by Gasteiger charge is 2.30. The maximum Gasteiger partial charge on any atom is 0.239 e. The van der Waals surface area contributed by atoms with Gasteiger partial charge in [0.15, 0.2) is 9.84 Å². The molecule has 1 N–H and O–H groups in total. The summed E-state index contributed by atoms with van der Waals surface area (Å²) in [7, 11) is -3.02. The fourth-order valence-corrected chi connectivity index (χ4v) is 5.11. The van der Waals surface area contributed by atoms with Crippen molar-refractivity contribution in [1.29, 1.82) is 0 Å². The van der Waals surface area contributed by atoms with Gasteiger partial charge < -0.3 is 10.2 Å². The third-order valence-electron chi connectivity index (χ3n) is 4.41. The number of halogens is 1. The molecule has 1 aromatic rings. The standard InChI is InChI=1S/C16H21FN2O3S/c1-11-7-12-3-2-5-19(16(12)14(17)8-11)9-15(20)18-13-4-6-23(21,22)10-13/h7-8,13H,2-6,9-10H2,1H3,(H,18,20)/t13-/m0/s1. The van der Waals surface area contributed by atoms with E-state index in [4.69, 9.17) is 0 Å². The lowest BCUT2D eigenvalue weighted by Crippen LogP contribution is -2.44. The highest BCUT2D eigenvalue weighted by Crippen LogP contribution is 2.31. The van der Waals surface area contributed by atoms with Gasteiger partial charge in [0.05, 0.1) is 23.7 Å². The van der Waals surface area contributed by atoms with Crippen LogP contribution in [0.5, 0.6) is 0 Å². The number of aryl methyl sites for hydroxylation is 2. The fourth-order valence-electron chi connectivity index (χ4n) is 3.44. The predicted molar refractivity (Wildman–Crippen MR) is 86.9 cm³/mol. The van der Waals surface area contributed by atoms with E-state index in [0.29, 0.717) is 18.7 Å². The number of fused-ring (bicyclic) bond motifs is 1. The molecule has 2 aliphatic rings. The number of benzene rings is 1. The number of amides is 1. The van der Waals surface area contributed by atoms with E-state index in [1.165, 1.54) is 6.07 Å². The molecule has 3 rings (SSSR count). The molecule has 2 aliphatic heterocycles. The number of carbonyl (C=O) groups is 1. The number of sulfone groups is 1. The van der Waals surface area contributed by atoms with Gasteiger partial charge in [-0.25, -0.2) is 12.8 Å². The van der Waals surface area contributed by atoms with Crippen LogP contribution in [0.15, 0.2) is 12.1 Å². The highest BCUT2D eigenvalue weighted by atomic mass is 32.2. The number of nitrogens with one attached hydrogen (secondary N) is 1. The molecule has 0 aromatic heterocycles. The third kappa shape index (κ3) is 3.65. The van der Waals surface area contributed by atoms with E-state index in [0.717, 1.165) is 24.0 Å². The summed E-state index contributed by atoms with van der Waals surface area (Å²) < 4.78 is 37.2. The first kappa shape index (κ1) is 16.2. The second kappa shape index (κ2) is 6.11. The molecular formula is C16H21FN2O3S. The molecule has 5 nitrogen and oxygen atoms in total. The Hall–Kier alpha value is -1.63. The number of anilines is 1. The van der Waals surface area contributed by atoms with Gasteiger partial charge in [0.2, 0.25) is 5.91 Å². The second-order valence-electron chi connectivity index (χ2n) is 6.45. The fraction of sp³-hybridized carbons (Fsp3) is 0.562. The van der Waals surface area contributed by atoms with Gasteiger partial charge >= 0.3 is 0 Å². The van der Waals surface area contributed by atoms with Crippen LogP contribution in [0.1, 0.15) is 24.0 Å². The van der Waals surface area contributed by atoms with Crippen LogP contribution in [0.2, 0.25) is 0 Å². The Kier molecular flexibility index (Phi) is 4.31. The monoisotopic (exact) mass is 340 g/mol. The first-order valence-corrected chi connectivity index (χ1v) is 9.70. The topological polar surface area (TPSA) is 66.5 Å². The molecule has 1 saturated heterocycles. The summed E-state index contributed by atoms with van der Waals surface area (Å²) >= 11 is 0. The van der Waals surface area contributed by atoms with Crippen LogP contribution < -0.4 is 10.2 Å². The lowest BCUT2D eigenvalue weighted by Gasteiger charge is -2.31. The smallest absolute Gasteiger partial charge is 0.239 e. The Morgan fingerprint density at radius 1 is 1.43 bits per heavy atom. The zero-order chi connectivity index (χ0) is 16.6. The highest BCUT2D eigenvalue weighted by molar-refractivity contribution is 7.91. The molecule has 1 amide bonds. The number of hydrogen-bond donors (Lipinski definition) is 1. The number of rotatable bonds is 3. The van der Waals surface area contributed by atoms with Crippen molar-refractivity contribution < 1.29 is 17.6 Å². The lowest BCUT2D eigenvalue weighted by atomic mass is 9.99. The van der Waals surface area contributed by atoms with Crippen LogP contribution >= 0.6 is 0 Å². The van der Waals surface area contributed by atoms with Crippen molar-refractivity contribution in [2.75, 3.05) is 29.5 Å². The Morgan fingerprint density at radius 2 is 2.22 bits per heavy atom. The first-order valence-electron chi connectivity index (χ1n) is 7.88. The van der Waals surface area contributed by atoms with Crippen molar-refractivity contribution in [3.63, 3.8) is 0 Å². The lowest BCUT2D eigenvalue weighted by molar-refractivity contribution is -0.120. The summed E-state index contributed by atoms with van der Waals surface area (Å²) in [6.45, 7) is 2.54. The van der Waals surface area contributed by atoms with E-state index in [9.17, 15) is 17.6 Å². The van der Waals surface area contributed by atoms with Crippen LogP contribution in [-0.4, -0.2) is 45.0 Å². The molecule has 1 aromatic carbocycles. The van der Waals surface area contributed by atoms with Gasteiger partial charge in [-0.15, -0.1) is 0 Å². The molecule has 0 radical (unpaired) electrons. The first-order chi connectivity index (χ1) is 10.8. The van der Waals surface area contributed by atoms with E-state index in [-0.39, 0.29) is 35.8 Å². The van der Waals surface area contributed by atoms with Crippen molar-refractivity contribution in [3.8, 4) is 0 Å². The van der Waals surface area contributed by atoms with Crippen molar-refractivity contribution in [2.45, 2.75) is 32.2 Å². The van der Waals surface area contributed by atoms with Crippen LogP contribution in [-0.2, 0) is 21.1 Å². The molecule has 0 unspecified atom stereocenters. The maximum atomic E-state index is 14.3. The van der Waals surface area contributed by atoms with E-state index < -0.39 is 9.84 Å². The molecule has 0 saturated carbocycles. The van der Waals surface area contributed by atoms with Gasteiger partial charge in [-0.2, -0.15) is 0 Å². The number of carbonyl (C=O) groups excluding carboxylic acids is 1. The zero-order valence-electron chi connectivity index (χ0n) is 13.1. The van der Waals surface area contributed by atoms with Gasteiger partial charge in [0.1, 0.15) is 5.82 Å². The maximum absolute atomic E-state index is 14.3. The minimum atomic E-state index is -3.02. The normalized spacial score (nSPS) is 22.7. The van der Waals surface area contributed by atoms with Crippen LogP contribution in [0.3, 0.4) is 0 Å². The minimum Gasteiger partial charge on any atom is -0.360 e. The summed E-state index contributed by atoms with van der Waals surface area (Å²) in [4.78, 5) is 14.0. The average Bonchev–Trinajstić information content (AvgIpc) is 2.77. The quantitative estimate of drug-likeness (QED) is 0.898. The Labute approximate surface area is 135 Å². The number of nitrogens with zero attached hydrogens (tertiary/aromatic N) is 1. The summed E-state index contributed by atoms with van der Waals surface area (Å²) in [6.07, 6.45) is 2.14. The molecule has 7 heteroatoms. The third-order valence-corrected chi connectivity index (χ3v) is 6.18. The molecule has 126 valence electrons. The predicted octanol–water partition coefficient (Wildman–Crippen LogP) is 1.19. The van der Waals surface area contributed by atoms with Gasteiger partial charge in [0, 0.05) is 12.6 Å². The van der Waals surface area contributed by atoms with Crippen LogP contribution in [0.4, 0.5) is 10.1 Å². The minimum absolute atomic E-state index is 0.00286. The van der Waals surface area contributed by atoms with Crippen molar-refractivity contribution >= 4 is 21.4 Å². The molecule has 23 heavy (non-hydrogen) atoms. The van der Waals surface area contributed by atoms with Gasteiger partial charge in [-0.1, -0.05) is 6.07 Å². The van der Waals surface area contributed by atoms with E-state index >= 15 is 0 Å². The molecule has 0 bridgehead atoms. The number of hydrogen-bond acceptors (Lipinski definition) is 4.